The number of nitriles is 1. The molecule has 1 rings (SSSR count). The van der Waals surface area contributed by atoms with E-state index in [4.69, 9.17) is 0 Å². The molecule has 2 unspecified atom stereocenters. The van der Waals surface area contributed by atoms with Crippen LogP contribution in [-0.2, 0) is 0 Å². The lowest BCUT2D eigenvalue weighted by atomic mass is 9.88. The maximum absolute atomic E-state index is 9.25. The third-order valence-electron chi connectivity index (χ3n) is 3.49. The molecular formula is C11H20N2S. The van der Waals surface area contributed by atoms with Crippen LogP contribution in [0.2, 0.25) is 0 Å². The van der Waals surface area contributed by atoms with E-state index in [1.807, 2.05) is 18.7 Å². The van der Waals surface area contributed by atoms with Crippen molar-refractivity contribution < 1.29 is 0 Å². The second-order valence-electron chi connectivity index (χ2n) is 5.24. The molecular weight excluding hydrogens is 192 g/mol. The second kappa shape index (κ2) is 3.15. The van der Waals surface area contributed by atoms with E-state index in [-0.39, 0.29) is 9.62 Å². The first kappa shape index (κ1) is 11.9. The average Bonchev–Trinajstić information content (AvgIpc) is 2.20. The van der Waals surface area contributed by atoms with Gasteiger partial charge in [0.2, 0.25) is 0 Å². The molecule has 1 saturated heterocycles. The van der Waals surface area contributed by atoms with E-state index in [1.165, 1.54) is 0 Å². The van der Waals surface area contributed by atoms with Gasteiger partial charge in [-0.1, -0.05) is 13.8 Å². The minimum absolute atomic E-state index is 0.00792. The highest BCUT2D eigenvalue weighted by molar-refractivity contribution is 8.02. The Morgan fingerprint density at radius 2 is 1.71 bits per heavy atom. The highest BCUT2D eigenvalue weighted by atomic mass is 32.2. The van der Waals surface area contributed by atoms with Gasteiger partial charge < -0.3 is 0 Å². The molecule has 1 aliphatic rings. The summed E-state index contributed by atoms with van der Waals surface area (Å²) < 4.78 is -0.0409. The summed E-state index contributed by atoms with van der Waals surface area (Å²) in [5, 5.41) is 12.7. The van der Waals surface area contributed by atoms with Crippen LogP contribution in [0, 0.1) is 17.2 Å². The second-order valence-corrected chi connectivity index (χ2v) is 7.31. The van der Waals surface area contributed by atoms with Crippen LogP contribution in [0.3, 0.4) is 0 Å². The number of hydrogen-bond acceptors (Lipinski definition) is 3. The molecule has 0 saturated carbocycles. The van der Waals surface area contributed by atoms with Crippen molar-refractivity contribution in [1.82, 2.24) is 5.32 Å². The van der Waals surface area contributed by atoms with Crippen molar-refractivity contribution in [3.05, 3.63) is 0 Å². The molecule has 0 amide bonds. The van der Waals surface area contributed by atoms with Crippen LogP contribution in [0.25, 0.3) is 0 Å². The van der Waals surface area contributed by atoms with Gasteiger partial charge in [-0.05, 0) is 33.6 Å². The minimum Gasteiger partial charge on any atom is -0.284 e. The Balaban J connectivity index is 3.05. The molecule has 3 heteroatoms. The van der Waals surface area contributed by atoms with Gasteiger partial charge in [0.15, 0.2) is 0 Å². The highest BCUT2D eigenvalue weighted by Crippen LogP contribution is 2.52. The third-order valence-corrected chi connectivity index (χ3v) is 5.41. The van der Waals surface area contributed by atoms with Gasteiger partial charge in [0.25, 0.3) is 0 Å². The standard InChI is InChI=1S/C11H20N2S/c1-8(2)11(6)13-10(5,7-12)9(3,4)14-11/h8,13H,1-6H3. The zero-order chi connectivity index (χ0) is 11.2. The lowest BCUT2D eigenvalue weighted by molar-refractivity contribution is 0.307. The SMILES string of the molecule is CC(C)C1(C)NC(C)(C#N)C(C)(C)S1. The van der Waals surface area contributed by atoms with Gasteiger partial charge in [-0.25, -0.2) is 0 Å². The van der Waals surface area contributed by atoms with Crippen molar-refractivity contribution in [2.75, 3.05) is 0 Å². The average molecular weight is 212 g/mol. The number of rotatable bonds is 1. The summed E-state index contributed by atoms with van der Waals surface area (Å²) in [5.41, 5.74) is -0.434. The summed E-state index contributed by atoms with van der Waals surface area (Å²) in [5.74, 6) is 0.516. The number of hydrogen-bond donors (Lipinski definition) is 1. The third kappa shape index (κ3) is 1.55. The van der Waals surface area contributed by atoms with E-state index in [0.29, 0.717) is 5.92 Å². The van der Waals surface area contributed by atoms with E-state index in [9.17, 15) is 5.26 Å². The molecule has 0 aromatic rings. The van der Waals surface area contributed by atoms with Gasteiger partial charge in [0.1, 0.15) is 5.54 Å². The minimum atomic E-state index is -0.434. The largest absolute Gasteiger partial charge is 0.284 e. The molecule has 1 heterocycles. The molecule has 0 spiro atoms. The van der Waals surface area contributed by atoms with E-state index in [1.54, 1.807) is 0 Å². The number of nitrogens with zero attached hydrogens (tertiary/aromatic N) is 1. The van der Waals surface area contributed by atoms with Crippen LogP contribution in [0.5, 0.6) is 0 Å². The predicted molar refractivity (Wildman–Crippen MR) is 62.1 cm³/mol. The Morgan fingerprint density at radius 3 is 1.93 bits per heavy atom. The molecule has 80 valence electrons. The van der Waals surface area contributed by atoms with Crippen LogP contribution < -0.4 is 5.32 Å². The summed E-state index contributed by atoms with van der Waals surface area (Å²) in [6.07, 6.45) is 0. The van der Waals surface area contributed by atoms with Gasteiger partial charge in [0.05, 0.1) is 10.9 Å². The smallest absolute Gasteiger partial charge is 0.119 e. The Morgan fingerprint density at radius 1 is 1.21 bits per heavy atom. The molecule has 1 fully saturated rings. The fourth-order valence-corrected chi connectivity index (χ4v) is 3.58. The van der Waals surface area contributed by atoms with Crippen LogP contribution in [0.15, 0.2) is 0 Å². The lowest BCUT2D eigenvalue weighted by Crippen LogP contribution is -2.53. The molecule has 2 atom stereocenters. The first-order valence-corrected chi connectivity index (χ1v) is 5.89. The maximum atomic E-state index is 9.25. The van der Waals surface area contributed by atoms with Gasteiger partial charge in [-0.3, -0.25) is 5.32 Å². The maximum Gasteiger partial charge on any atom is 0.119 e. The molecule has 0 aliphatic carbocycles. The Kier molecular flexibility index (Phi) is 2.67. The van der Waals surface area contributed by atoms with Crippen molar-refractivity contribution in [1.29, 1.82) is 5.26 Å². The first-order valence-electron chi connectivity index (χ1n) is 5.08. The summed E-state index contributed by atoms with van der Waals surface area (Å²) in [7, 11) is 0. The molecule has 0 aromatic carbocycles. The first-order chi connectivity index (χ1) is 6.17. The normalized spacial score (nSPS) is 41.3. The van der Waals surface area contributed by atoms with Crippen molar-refractivity contribution in [2.45, 2.75) is 56.7 Å². The Hall–Kier alpha value is -0.200. The topological polar surface area (TPSA) is 35.8 Å². The summed E-state index contributed by atoms with van der Waals surface area (Å²) >= 11 is 1.88. The van der Waals surface area contributed by atoms with Gasteiger partial charge >= 0.3 is 0 Å². The van der Waals surface area contributed by atoms with E-state index >= 15 is 0 Å². The van der Waals surface area contributed by atoms with Gasteiger partial charge in [-0.2, -0.15) is 5.26 Å². The molecule has 0 aromatic heterocycles. The number of nitrogens with one attached hydrogen (secondary N) is 1. The summed E-state index contributed by atoms with van der Waals surface area (Å²) in [6.45, 7) is 12.8. The van der Waals surface area contributed by atoms with Gasteiger partial charge in [0, 0.05) is 4.75 Å². The van der Waals surface area contributed by atoms with E-state index < -0.39 is 5.54 Å². The van der Waals surface area contributed by atoms with E-state index in [0.717, 1.165) is 0 Å². The molecule has 2 nitrogen and oxygen atoms in total. The van der Waals surface area contributed by atoms with Crippen molar-refractivity contribution >= 4 is 11.8 Å². The molecule has 1 aliphatic heterocycles. The lowest BCUT2D eigenvalue weighted by Gasteiger charge is -2.30. The Bertz CT molecular complexity index is 280. The zero-order valence-corrected chi connectivity index (χ0v) is 10.7. The fraction of sp³-hybridized carbons (Fsp3) is 0.909. The summed E-state index contributed by atoms with van der Waals surface area (Å²) in [6, 6.07) is 2.41. The summed E-state index contributed by atoms with van der Waals surface area (Å²) in [4.78, 5) is 0.00792. The van der Waals surface area contributed by atoms with Crippen molar-refractivity contribution in [3.63, 3.8) is 0 Å². The fourth-order valence-electron chi connectivity index (χ4n) is 1.73. The van der Waals surface area contributed by atoms with Gasteiger partial charge in [-0.15, -0.1) is 11.8 Å². The molecule has 14 heavy (non-hydrogen) atoms. The molecule has 1 N–H and O–H groups in total. The van der Waals surface area contributed by atoms with Crippen LogP contribution in [-0.4, -0.2) is 15.2 Å². The zero-order valence-electron chi connectivity index (χ0n) is 9.93. The van der Waals surface area contributed by atoms with Crippen molar-refractivity contribution in [2.24, 2.45) is 5.92 Å². The molecule has 0 bridgehead atoms. The van der Waals surface area contributed by atoms with Crippen molar-refractivity contribution in [3.8, 4) is 6.07 Å². The van der Waals surface area contributed by atoms with Crippen LogP contribution >= 0.6 is 11.8 Å². The van der Waals surface area contributed by atoms with E-state index in [2.05, 4.69) is 46.0 Å². The highest BCUT2D eigenvalue weighted by Gasteiger charge is 2.56. The van der Waals surface area contributed by atoms with Crippen LogP contribution in [0.4, 0.5) is 0 Å². The quantitative estimate of drug-likeness (QED) is 0.726. The number of thioether (sulfide) groups is 1. The Labute approximate surface area is 91.4 Å². The van der Waals surface area contributed by atoms with Crippen LogP contribution in [0.1, 0.15) is 41.5 Å². The monoisotopic (exact) mass is 212 g/mol. The predicted octanol–water partition coefficient (Wildman–Crippen LogP) is 2.76. The molecule has 0 radical (unpaired) electrons.